The number of aliphatic hydroxyl groups excluding tert-OH is 1. The van der Waals surface area contributed by atoms with Gasteiger partial charge in [0.2, 0.25) is 11.7 Å². The van der Waals surface area contributed by atoms with Crippen LogP contribution in [0.5, 0.6) is 0 Å². The first-order valence-electron chi connectivity index (χ1n) is 4.54. The van der Waals surface area contributed by atoms with Gasteiger partial charge in [-0.25, -0.2) is 0 Å². The number of thiophene rings is 1. The van der Waals surface area contributed by atoms with E-state index in [0.717, 1.165) is 5.56 Å². The van der Waals surface area contributed by atoms with Crippen molar-refractivity contribution in [2.45, 2.75) is 12.5 Å². The van der Waals surface area contributed by atoms with Crippen LogP contribution in [0, 0.1) is 0 Å². The van der Waals surface area contributed by atoms with Gasteiger partial charge in [0.25, 0.3) is 0 Å². The van der Waals surface area contributed by atoms with E-state index in [0.29, 0.717) is 18.1 Å². The fourth-order valence-corrected chi connectivity index (χ4v) is 1.79. The number of aliphatic hydroxyl groups is 1. The van der Waals surface area contributed by atoms with Gasteiger partial charge in [-0.15, -0.1) is 0 Å². The third-order valence-electron chi connectivity index (χ3n) is 1.98. The summed E-state index contributed by atoms with van der Waals surface area (Å²) < 4.78 is 5.01. The Labute approximate surface area is 90.5 Å². The van der Waals surface area contributed by atoms with Crippen molar-refractivity contribution >= 4 is 11.3 Å². The van der Waals surface area contributed by atoms with E-state index in [9.17, 15) is 0 Å². The van der Waals surface area contributed by atoms with E-state index < -0.39 is 6.04 Å². The molecule has 0 saturated heterocycles. The first-order valence-corrected chi connectivity index (χ1v) is 5.48. The second-order valence-electron chi connectivity index (χ2n) is 3.09. The zero-order valence-corrected chi connectivity index (χ0v) is 8.78. The Morgan fingerprint density at radius 2 is 2.47 bits per heavy atom. The van der Waals surface area contributed by atoms with Crippen LogP contribution in [-0.2, 0) is 0 Å². The van der Waals surface area contributed by atoms with Gasteiger partial charge >= 0.3 is 0 Å². The van der Waals surface area contributed by atoms with Crippen molar-refractivity contribution in [1.82, 2.24) is 10.1 Å². The molecule has 0 fully saturated rings. The van der Waals surface area contributed by atoms with Gasteiger partial charge in [0.15, 0.2) is 0 Å². The molecule has 0 spiro atoms. The summed E-state index contributed by atoms with van der Waals surface area (Å²) >= 11 is 1.57. The quantitative estimate of drug-likeness (QED) is 0.816. The highest BCUT2D eigenvalue weighted by Crippen LogP contribution is 2.20. The lowest BCUT2D eigenvalue weighted by atomic mass is 10.2. The predicted octanol–water partition coefficient (Wildman–Crippen LogP) is 1.18. The Hall–Kier alpha value is -1.24. The zero-order chi connectivity index (χ0) is 10.7. The number of hydrogen-bond acceptors (Lipinski definition) is 6. The van der Waals surface area contributed by atoms with Gasteiger partial charge in [-0.2, -0.15) is 16.3 Å². The van der Waals surface area contributed by atoms with Gasteiger partial charge in [-0.05, 0) is 17.9 Å². The Kier molecular flexibility index (Phi) is 3.10. The molecule has 80 valence electrons. The minimum absolute atomic E-state index is 0.0112. The summed E-state index contributed by atoms with van der Waals surface area (Å²) in [5.41, 5.74) is 6.64. The predicted molar refractivity (Wildman–Crippen MR) is 56.2 cm³/mol. The number of nitrogens with two attached hydrogens (primary N) is 1. The molecule has 1 unspecified atom stereocenters. The Morgan fingerprint density at radius 1 is 1.60 bits per heavy atom. The van der Waals surface area contributed by atoms with E-state index in [1.54, 1.807) is 11.3 Å². The van der Waals surface area contributed by atoms with Crippen LogP contribution >= 0.6 is 11.3 Å². The third-order valence-corrected chi connectivity index (χ3v) is 2.66. The molecule has 1 atom stereocenters. The molecule has 2 rings (SSSR count). The van der Waals surface area contributed by atoms with E-state index in [1.807, 2.05) is 16.8 Å². The second-order valence-corrected chi connectivity index (χ2v) is 3.87. The van der Waals surface area contributed by atoms with E-state index in [2.05, 4.69) is 10.1 Å². The minimum atomic E-state index is -0.394. The molecule has 15 heavy (non-hydrogen) atoms. The van der Waals surface area contributed by atoms with Crippen LogP contribution in [0.1, 0.15) is 18.4 Å². The van der Waals surface area contributed by atoms with Crippen LogP contribution < -0.4 is 5.73 Å². The zero-order valence-electron chi connectivity index (χ0n) is 7.96. The maximum absolute atomic E-state index is 8.72. The summed E-state index contributed by atoms with van der Waals surface area (Å²) in [6, 6.07) is 1.52. The Balaban J connectivity index is 2.17. The minimum Gasteiger partial charge on any atom is -0.396 e. The van der Waals surface area contributed by atoms with Crippen LogP contribution in [0.2, 0.25) is 0 Å². The summed E-state index contributed by atoms with van der Waals surface area (Å²) in [7, 11) is 0. The van der Waals surface area contributed by atoms with E-state index in [4.69, 9.17) is 15.4 Å². The largest absolute Gasteiger partial charge is 0.396 e. The van der Waals surface area contributed by atoms with Gasteiger partial charge in [0, 0.05) is 17.6 Å². The SMILES string of the molecule is NC(CCO)c1nc(-c2ccsc2)no1. The standard InChI is InChI=1S/C9H11N3O2S/c10-7(1-3-13)9-11-8(12-14-9)6-2-4-15-5-6/h2,4-5,7,13H,1,3,10H2. The Bertz CT molecular complexity index is 413. The third kappa shape index (κ3) is 2.23. The summed E-state index contributed by atoms with van der Waals surface area (Å²) in [6.45, 7) is 0.0112. The molecule has 0 aromatic carbocycles. The molecular weight excluding hydrogens is 214 g/mol. The molecule has 0 aliphatic rings. The normalized spacial score (nSPS) is 12.9. The lowest BCUT2D eigenvalue weighted by Crippen LogP contribution is -2.12. The highest BCUT2D eigenvalue weighted by molar-refractivity contribution is 7.08. The lowest BCUT2D eigenvalue weighted by Gasteiger charge is -2.01. The summed E-state index contributed by atoms with van der Waals surface area (Å²) in [4.78, 5) is 4.16. The van der Waals surface area contributed by atoms with E-state index in [-0.39, 0.29) is 6.61 Å². The number of aromatic nitrogens is 2. The molecule has 2 aromatic rings. The summed E-state index contributed by atoms with van der Waals surface area (Å²) in [6.07, 6.45) is 0.422. The van der Waals surface area contributed by atoms with Gasteiger partial charge in [0.05, 0.1) is 6.04 Å². The van der Waals surface area contributed by atoms with Crippen molar-refractivity contribution < 1.29 is 9.63 Å². The van der Waals surface area contributed by atoms with Crippen molar-refractivity contribution in [1.29, 1.82) is 0 Å². The van der Waals surface area contributed by atoms with E-state index in [1.165, 1.54) is 0 Å². The highest BCUT2D eigenvalue weighted by Gasteiger charge is 2.15. The average Bonchev–Trinajstić information content (AvgIpc) is 2.89. The first-order chi connectivity index (χ1) is 7.31. The lowest BCUT2D eigenvalue weighted by molar-refractivity contribution is 0.259. The van der Waals surface area contributed by atoms with Crippen LogP contribution in [0.3, 0.4) is 0 Å². The van der Waals surface area contributed by atoms with Crippen LogP contribution in [0.4, 0.5) is 0 Å². The van der Waals surface area contributed by atoms with E-state index >= 15 is 0 Å². The maximum atomic E-state index is 8.72. The van der Waals surface area contributed by atoms with Crippen molar-refractivity contribution in [3.05, 3.63) is 22.7 Å². The molecule has 0 radical (unpaired) electrons. The fourth-order valence-electron chi connectivity index (χ4n) is 1.16. The molecule has 5 nitrogen and oxygen atoms in total. The molecule has 2 aromatic heterocycles. The van der Waals surface area contributed by atoms with Crippen molar-refractivity contribution in [3.63, 3.8) is 0 Å². The molecule has 0 bridgehead atoms. The van der Waals surface area contributed by atoms with Gasteiger partial charge in [-0.3, -0.25) is 0 Å². The van der Waals surface area contributed by atoms with Gasteiger partial charge in [0.1, 0.15) is 0 Å². The molecule has 0 aliphatic carbocycles. The Morgan fingerprint density at radius 3 is 3.13 bits per heavy atom. The van der Waals surface area contributed by atoms with Gasteiger partial charge < -0.3 is 15.4 Å². The monoisotopic (exact) mass is 225 g/mol. The van der Waals surface area contributed by atoms with Crippen molar-refractivity contribution in [2.75, 3.05) is 6.61 Å². The van der Waals surface area contributed by atoms with Crippen LogP contribution in [0.15, 0.2) is 21.3 Å². The van der Waals surface area contributed by atoms with Crippen molar-refractivity contribution in [2.24, 2.45) is 5.73 Å². The molecule has 6 heteroatoms. The number of rotatable bonds is 4. The average molecular weight is 225 g/mol. The molecule has 2 heterocycles. The van der Waals surface area contributed by atoms with Crippen LogP contribution in [-0.4, -0.2) is 21.9 Å². The summed E-state index contributed by atoms with van der Waals surface area (Å²) in [5, 5.41) is 16.4. The highest BCUT2D eigenvalue weighted by atomic mass is 32.1. The maximum Gasteiger partial charge on any atom is 0.243 e. The first kappa shape index (κ1) is 10.3. The molecule has 3 N–H and O–H groups in total. The number of hydrogen-bond donors (Lipinski definition) is 2. The molecule has 0 amide bonds. The second kappa shape index (κ2) is 4.52. The topological polar surface area (TPSA) is 85.2 Å². The molecule has 0 saturated carbocycles. The van der Waals surface area contributed by atoms with Crippen molar-refractivity contribution in [3.8, 4) is 11.4 Å². The smallest absolute Gasteiger partial charge is 0.243 e. The molecular formula is C9H11N3O2S. The van der Waals surface area contributed by atoms with Gasteiger partial charge in [-0.1, -0.05) is 5.16 Å². The molecule has 0 aliphatic heterocycles. The fraction of sp³-hybridized carbons (Fsp3) is 0.333. The summed E-state index contributed by atoms with van der Waals surface area (Å²) in [5.74, 6) is 0.907. The number of nitrogens with zero attached hydrogens (tertiary/aromatic N) is 2. The van der Waals surface area contributed by atoms with Crippen LogP contribution in [0.25, 0.3) is 11.4 Å².